The third-order valence-corrected chi connectivity index (χ3v) is 4.32. The number of imidazole rings is 1. The van der Waals surface area contributed by atoms with Gasteiger partial charge in [0.2, 0.25) is 5.91 Å². The van der Waals surface area contributed by atoms with E-state index in [9.17, 15) is 4.79 Å². The number of carbonyl (C=O) groups excluding carboxylic acids is 1. The van der Waals surface area contributed by atoms with E-state index in [0.29, 0.717) is 5.75 Å². The summed E-state index contributed by atoms with van der Waals surface area (Å²) in [6.45, 7) is 1.93. The van der Waals surface area contributed by atoms with Gasteiger partial charge in [0.25, 0.3) is 0 Å². The number of fused-ring (bicyclic) bond motifs is 1. The van der Waals surface area contributed by atoms with Crippen LogP contribution >= 0.6 is 11.8 Å². The number of rotatable bonds is 5. The Labute approximate surface area is 133 Å². The van der Waals surface area contributed by atoms with Crippen molar-refractivity contribution >= 4 is 28.7 Å². The summed E-state index contributed by atoms with van der Waals surface area (Å²) < 4.78 is 0. The van der Waals surface area contributed by atoms with E-state index in [1.807, 2.05) is 61.5 Å². The van der Waals surface area contributed by atoms with Crippen LogP contribution in [0.3, 0.4) is 0 Å². The van der Waals surface area contributed by atoms with Crippen LogP contribution in [0, 0.1) is 0 Å². The van der Waals surface area contributed by atoms with Crippen LogP contribution in [0.1, 0.15) is 18.8 Å². The number of aromatic amines is 1. The van der Waals surface area contributed by atoms with E-state index in [1.54, 1.807) is 0 Å². The molecule has 1 heterocycles. The molecule has 0 aliphatic heterocycles. The summed E-state index contributed by atoms with van der Waals surface area (Å²) in [5.41, 5.74) is 1.90. The summed E-state index contributed by atoms with van der Waals surface area (Å²) in [5, 5.41) is 2.97. The molecule has 112 valence electrons. The molecule has 0 unspecified atom stereocenters. The quantitative estimate of drug-likeness (QED) is 0.709. The van der Waals surface area contributed by atoms with E-state index in [2.05, 4.69) is 15.3 Å². The van der Waals surface area contributed by atoms with Gasteiger partial charge in [-0.25, -0.2) is 4.98 Å². The lowest BCUT2D eigenvalue weighted by Crippen LogP contribution is -2.28. The topological polar surface area (TPSA) is 57.8 Å². The van der Waals surface area contributed by atoms with Crippen LogP contribution in [-0.2, 0) is 4.79 Å². The lowest BCUT2D eigenvalue weighted by atomic mass is 10.3. The number of aromatic nitrogens is 2. The Hall–Kier alpha value is -2.27. The highest BCUT2D eigenvalue weighted by atomic mass is 32.2. The van der Waals surface area contributed by atoms with E-state index < -0.39 is 0 Å². The molecule has 3 rings (SSSR count). The molecule has 0 saturated heterocycles. The monoisotopic (exact) mass is 311 g/mol. The van der Waals surface area contributed by atoms with Gasteiger partial charge in [-0.05, 0) is 31.2 Å². The van der Waals surface area contributed by atoms with Crippen molar-refractivity contribution in [1.29, 1.82) is 0 Å². The van der Waals surface area contributed by atoms with Crippen LogP contribution in [0.5, 0.6) is 0 Å². The number of nitrogens with one attached hydrogen (secondary N) is 2. The number of para-hydroxylation sites is 2. The van der Waals surface area contributed by atoms with Crippen LogP contribution < -0.4 is 5.32 Å². The molecule has 0 fully saturated rings. The molecule has 0 aliphatic rings. The predicted octanol–water partition coefficient (Wildman–Crippen LogP) is 3.53. The highest BCUT2D eigenvalue weighted by molar-refractivity contribution is 8.00. The van der Waals surface area contributed by atoms with Gasteiger partial charge in [0.1, 0.15) is 5.82 Å². The number of benzene rings is 2. The Balaban J connectivity index is 1.58. The van der Waals surface area contributed by atoms with Gasteiger partial charge in [0.15, 0.2) is 0 Å². The Morgan fingerprint density at radius 2 is 1.91 bits per heavy atom. The first-order valence-corrected chi connectivity index (χ1v) is 8.13. The van der Waals surface area contributed by atoms with Crippen molar-refractivity contribution in [3.63, 3.8) is 0 Å². The molecule has 1 amide bonds. The van der Waals surface area contributed by atoms with Crippen molar-refractivity contribution in [3.8, 4) is 0 Å². The van der Waals surface area contributed by atoms with Crippen LogP contribution in [0.4, 0.5) is 0 Å². The molecule has 3 aromatic rings. The van der Waals surface area contributed by atoms with Gasteiger partial charge in [-0.3, -0.25) is 4.79 Å². The van der Waals surface area contributed by atoms with E-state index in [1.165, 1.54) is 11.8 Å². The van der Waals surface area contributed by atoms with Gasteiger partial charge >= 0.3 is 0 Å². The van der Waals surface area contributed by atoms with Gasteiger partial charge in [-0.2, -0.15) is 0 Å². The fraction of sp³-hybridized carbons (Fsp3) is 0.176. The first kappa shape index (κ1) is 14.7. The Morgan fingerprint density at radius 1 is 1.18 bits per heavy atom. The van der Waals surface area contributed by atoms with Crippen LogP contribution in [0.15, 0.2) is 59.5 Å². The standard InChI is InChI=1S/C17H17N3OS/c1-12(17-19-14-9-5-6-10-15(14)20-17)18-16(21)11-22-13-7-3-2-4-8-13/h2-10,12H,11H2,1H3,(H,18,21)(H,19,20)/t12-/m1/s1. The minimum Gasteiger partial charge on any atom is -0.346 e. The molecule has 1 aromatic heterocycles. The first-order chi connectivity index (χ1) is 10.7. The second-order valence-corrected chi connectivity index (χ2v) is 6.08. The van der Waals surface area contributed by atoms with Crippen molar-refractivity contribution in [2.75, 3.05) is 5.75 Å². The van der Waals surface area contributed by atoms with Crippen LogP contribution in [0.25, 0.3) is 11.0 Å². The fourth-order valence-corrected chi connectivity index (χ4v) is 2.93. The van der Waals surface area contributed by atoms with Gasteiger partial charge < -0.3 is 10.3 Å². The molecule has 0 aliphatic carbocycles. The van der Waals surface area contributed by atoms with E-state index in [0.717, 1.165) is 21.8 Å². The summed E-state index contributed by atoms with van der Waals surface area (Å²) in [5.74, 6) is 1.18. The average Bonchev–Trinajstić information content (AvgIpc) is 2.98. The minimum atomic E-state index is -0.142. The minimum absolute atomic E-state index is 0.00168. The van der Waals surface area contributed by atoms with E-state index in [-0.39, 0.29) is 11.9 Å². The summed E-state index contributed by atoms with van der Waals surface area (Å²) in [7, 11) is 0. The lowest BCUT2D eigenvalue weighted by Gasteiger charge is -2.11. The molecule has 2 N–H and O–H groups in total. The zero-order valence-electron chi connectivity index (χ0n) is 12.2. The molecular weight excluding hydrogens is 294 g/mol. The highest BCUT2D eigenvalue weighted by Crippen LogP contribution is 2.18. The highest BCUT2D eigenvalue weighted by Gasteiger charge is 2.13. The summed E-state index contributed by atoms with van der Waals surface area (Å²) in [6, 6.07) is 17.6. The van der Waals surface area contributed by atoms with Crippen molar-refractivity contribution in [1.82, 2.24) is 15.3 Å². The SMILES string of the molecule is C[C@@H](NC(=O)CSc1ccccc1)c1nc2ccccc2[nH]1. The van der Waals surface area contributed by atoms with Crippen molar-refractivity contribution < 1.29 is 4.79 Å². The first-order valence-electron chi connectivity index (χ1n) is 7.14. The van der Waals surface area contributed by atoms with Gasteiger partial charge in [0.05, 0.1) is 22.8 Å². The molecule has 0 saturated carbocycles. The fourth-order valence-electron chi connectivity index (χ4n) is 2.19. The number of carbonyl (C=O) groups is 1. The third kappa shape index (κ3) is 3.49. The predicted molar refractivity (Wildman–Crippen MR) is 89.8 cm³/mol. The molecular formula is C17H17N3OS. The average molecular weight is 311 g/mol. The lowest BCUT2D eigenvalue weighted by molar-refractivity contribution is -0.119. The van der Waals surface area contributed by atoms with Gasteiger partial charge in [0, 0.05) is 4.90 Å². The number of nitrogens with zero attached hydrogens (tertiary/aromatic N) is 1. The molecule has 2 aromatic carbocycles. The normalized spacial score (nSPS) is 12.2. The molecule has 1 atom stereocenters. The molecule has 22 heavy (non-hydrogen) atoms. The van der Waals surface area contributed by atoms with Crippen LogP contribution in [0.2, 0.25) is 0 Å². The van der Waals surface area contributed by atoms with Crippen molar-refractivity contribution in [2.45, 2.75) is 17.9 Å². The Morgan fingerprint density at radius 3 is 2.68 bits per heavy atom. The van der Waals surface area contributed by atoms with Crippen molar-refractivity contribution in [3.05, 3.63) is 60.4 Å². The number of amides is 1. The van der Waals surface area contributed by atoms with Gasteiger partial charge in [-0.15, -0.1) is 11.8 Å². The number of thioether (sulfide) groups is 1. The third-order valence-electron chi connectivity index (χ3n) is 3.31. The van der Waals surface area contributed by atoms with E-state index in [4.69, 9.17) is 0 Å². The molecule has 0 bridgehead atoms. The molecule has 4 nitrogen and oxygen atoms in total. The second kappa shape index (κ2) is 6.66. The maximum absolute atomic E-state index is 12.0. The molecule has 5 heteroatoms. The number of hydrogen-bond donors (Lipinski definition) is 2. The smallest absolute Gasteiger partial charge is 0.230 e. The van der Waals surface area contributed by atoms with Crippen LogP contribution in [-0.4, -0.2) is 21.6 Å². The Kier molecular flexibility index (Phi) is 4.44. The summed E-state index contributed by atoms with van der Waals surface area (Å²) >= 11 is 1.53. The maximum atomic E-state index is 12.0. The van der Waals surface area contributed by atoms with Gasteiger partial charge in [-0.1, -0.05) is 30.3 Å². The van der Waals surface area contributed by atoms with E-state index >= 15 is 0 Å². The molecule has 0 spiro atoms. The van der Waals surface area contributed by atoms with Crippen molar-refractivity contribution in [2.24, 2.45) is 0 Å². The largest absolute Gasteiger partial charge is 0.346 e. The number of hydrogen-bond acceptors (Lipinski definition) is 3. The second-order valence-electron chi connectivity index (χ2n) is 5.03. The molecule has 0 radical (unpaired) electrons. The maximum Gasteiger partial charge on any atom is 0.230 e. The zero-order valence-corrected chi connectivity index (χ0v) is 13.1. The number of H-pyrrole nitrogens is 1. The zero-order chi connectivity index (χ0) is 15.4. The summed E-state index contributed by atoms with van der Waals surface area (Å²) in [6.07, 6.45) is 0. The summed E-state index contributed by atoms with van der Waals surface area (Å²) in [4.78, 5) is 20.9. The Bertz CT molecular complexity index is 737.